The van der Waals surface area contributed by atoms with E-state index >= 15 is 0 Å². The van der Waals surface area contributed by atoms with Crippen molar-refractivity contribution in [3.8, 4) is 11.6 Å². The van der Waals surface area contributed by atoms with Crippen LogP contribution in [-0.4, -0.2) is 49.2 Å². The Morgan fingerprint density at radius 2 is 1.96 bits per heavy atom. The SMILES string of the molecule is COc1ccc(C)cc1S(=O)(=O)N1CCC(Oc2cccnn2)CC1. The number of aromatic nitrogens is 2. The first-order valence-electron chi connectivity index (χ1n) is 8.10. The number of rotatable bonds is 5. The van der Waals surface area contributed by atoms with Gasteiger partial charge in [-0.2, -0.15) is 9.40 Å². The first-order valence-corrected chi connectivity index (χ1v) is 9.54. The smallest absolute Gasteiger partial charge is 0.246 e. The second-order valence-corrected chi connectivity index (χ2v) is 7.84. The predicted octanol–water partition coefficient (Wildman–Crippen LogP) is 2.03. The third-order valence-electron chi connectivity index (χ3n) is 4.17. The number of sulfonamides is 1. The molecule has 1 aliphatic rings. The van der Waals surface area contributed by atoms with Crippen molar-refractivity contribution < 1.29 is 17.9 Å². The maximum Gasteiger partial charge on any atom is 0.246 e. The van der Waals surface area contributed by atoms with Gasteiger partial charge in [0, 0.05) is 25.4 Å². The van der Waals surface area contributed by atoms with Crippen molar-refractivity contribution in [1.29, 1.82) is 0 Å². The summed E-state index contributed by atoms with van der Waals surface area (Å²) in [6, 6.07) is 8.67. The van der Waals surface area contributed by atoms with Crippen LogP contribution in [0.2, 0.25) is 0 Å². The van der Waals surface area contributed by atoms with Gasteiger partial charge in [0.05, 0.1) is 7.11 Å². The van der Waals surface area contributed by atoms with Crippen molar-refractivity contribution in [1.82, 2.24) is 14.5 Å². The zero-order valence-corrected chi connectivity index (χ0v) is 15.1. The summed E-state index contributed by atoms with van der Waals surface area (Å²) in [5.41, 5.74) is 0.875. The molecule has 0 bridgehead atoms. The Labute approximate surface area is 147 Å². The van der Waals surface area contributed by atoms with E-state index in [9.17, 15) is 8.42 Å². The van der Waals surface area contributed by atoms with Crippen molar-refractivity contribution in [2.45, 2.75) is 30.8 Å². The average molecular weight is 363 g/mol. The molecule has 2 heterocycles. The Morgan fingerprint density at radius 1 is 1.20 bits per heavy atom. The van der Waals surface area contributed by atoms with Crippen LogP contribution in [0.25, 0.3) is 0 Å². The zero-order valence-electron chi connectivity index (χ0n) is 14.3. The number of benzene rings is 1. The first kappa shape index (κ1) is 17.6. The van der Waals surface area contributed by atoms with Gasteiger partial charge in [-0.05, 0) is 43.5 Å². The predicted molar refractivity (Wildman–Crippen MR) is 92.2 cm³/mol. The molecule has 0 atom stereocenters. The summed E-state index contributed by atoms with van der Waals surface area (Å²) in [5, 5.41) is 7.68. The molecule has 8 heteroatoms. The molecule has 0 spiro atoms. The molecule has 1 saturated heterocycles. The highest BCUT2D eigenvalue weighted by Gasteiger charge is 2.32. The van der Waals surface area contributed by atoms with Crippen LogP contribution in [0.4, 0.5) is 0 Å². The summed E-state index contributed by atoms with van der Waals surface area (Å²) in [6.07, 6.45) is 2.72. The number of aryl methyl sites for hydroxylation is 1. The maximum atomic E-state index is 13.0. The van der Waals surface area contributed by atoms with Crippen LogP contribution in [0.3, 0.4) is 0 Å². The van der Waals surface area contributed by atoms with Gasteiger partial charge in [0.2, 0.25) is 15.9 Å². The number of piperidine rings is 1. The minimum atomic E-state index is -3.60. The summed E-state index contributed by atoms with van der Waals surface area (Å²) in [4.78, 5) is 0.211. The molecule has 0 N–H and O–H groups in total. The second-order valence-electron chi connectivity index (χ2n) is 5.94. The van der Waals surface area contributed by atoms with Crippen LogP contribution in [0.15, 0.2) is 41.4 Å². The van der Waals surface area contributed by atoms with Gasteiger partial charge in [0.1, 0.15) is 16.7 Å². The number of methoxy groups -OCH3 is 1. The highest BCUT2D eigenvalue weighted by atomic mass is 32.2. The second kappa shape index (κ2) is 7.37. The van der Waals surface area contributed by atoms with Crippen molar-refractivity contribution in [3.63, 3.8) is 0 Å². The lowest BCUT2D eigenvalue weighted by Gasteiger charge is -2.31. The molecular weight excluding hydrogens is 342 g/mol. The monoisotopic (exact) mass is 363 g/mol. The molecule has 3 rings (SSSR count). The molecule has 134 valence electrons. The van der Waals surface area contributed by atoms with Crippen molar-refractivity contribution in [3.05, 3.63) is 42.1 Å². The van der Waals surface area contributed by atoms with Crippen molar-refractivity contribution in [2.24, 2.45) is 0 Å². The number of hydrogen-bond acceptors (Lipinski definition) is 6. The van der Waals surface area contributed by atoms with Crippen LogP contribution in [0.1, 0.15) is 18.4 Å². The summed E-state index contributed by atoms with van der Waals surface area (Å²) in [7, 11) is -2.12. The van der Waals surface area contributed by atoms with Gasteiger partial charge in [-0.3, -0.25) is 0 Å². The molecule has 1 aliphatic heterocycles. The van der Waals surface area contributed by atoms with Crippen LogP contribution in [0, 0.1) is 6.92 Å². The van der Waals surface area contributed by atoms with Crippen molar-refractivity contribution in [2.75, 3.05) is 20.2 Å². The van der Waals surface area contributed by atoms with Crippen molar-refractivity contribution >= 4 is 10.0 Å². The molecule has 0 saturated carbocycles. The molecule has 1 aromatic carbocycles. The minimum absolute atomic E-state index is 0.0671. The van der Waals surface area contributed by atoms with Gasteiger partial charge >= 0.3 is 0 Å². The number of nitrogens with zero attached hydrogens (tertiary/aromatic N) is 3. The standard InChI is InChI=1S/C17H21N3O4S/c1-13-5-6-15(23-2)16(12-13)25(21,22)20-10-7-14(8-11-20)24-17-4-3-9-18-19-17/h3-6,9,12,14H,7-8,10-11H2,1-2H3. The Balaban J connectivity index is 1.71. The maximum absolute atomic E-state index is 13.0. The summed E-state index contributed by atoms with van der Waals surface area (Å²) in [6.45, 7) is 2.65. The van der Waals surface area contributed by atoms with E-state index < -0.39 is 10.0 Å². The molecule has 1 aromatic heterocycles. The normalized spacial score (nSPS) is 16.6. The lowest BCUT2D eigenvalue weighted by Crippen LogP contribution is -2.41. The van der Waals surface area contributed by atoms with E-state index in [4.69, 9.17) is 9.47 Å². The van der Waals surface area contributed by atoms with Gasteiger partial charge in [-0.1, -0.05) is 6.07 Å². The third kappa shape index (κ3) is 3.91. The molecule has 0 unspecified atom stereocenters. The minimum Gasteiger partial charge on any atom is -0.495 e. The summed E-state index contributed by atoms with van der Waals surface area (Å²) in [5.74, 6) is 0.827. The van der Waals surface area contributed by atoms with Gasteiger partial charge in [-0.25, -0.2) is 8.42 Å². The fraction of sp³-hybridized carbons (Fsp3) is 0.412. The molecule has 0 aliphatic carbocycles. The Hall–Kier alpha value is -2.19. The lowest BCUT2D eigenvalue weighted by molar-refractivity contribution is 0.128. The molecule has 25 heavy (non-hydrogen) atoms. The molecule has 0 radical (unpaired) electrons. The third-order valence-corrected chi connectivity index (χ3v) is 6.09. The first-order chi connectivity index (χ1) is 12.0. The Bertz CT molecular complexity index is 819. The highest BCUT2D eigenvalue weighted by molar-refractivity contribution is 7.89. The molecule has 2 aromatic rings. The topological polar surface area (TPSA) is 81.6 Å². The fourth-order valence-electron chi connectivity index (χ4n) is 2.84. The molecule has 1 fully saturated rings. The Kier molecular flexibility index (Phi) is 5.19. The van der Waals surface area contributed by atoms with Crippen LogP contribution in [-0.2, 0) is 10.0 Å². The largest absolute Gasteiger partial charge is 0.495 e. The van der Waals surface area contributed by atoms with Gasteiger partial charge in [-0.15, -0.1) is 5.10 Å². The van der Waals surface area contributed by atoms with E-state index in [1.807, 2.05) is 13.0 Å². The van der Waals surface area contributed by atoms with Crippen LogP contribution >= 0.6 is 0 Å². The molecular formula is C17H21N3O4S. The molecule has 0 amide bonds. The summed E-state index contributed by atoms with van der Waals surface area (Å²) < 4.78 is 38.4. The van der Waals surface area contributed by atoms with E-state index in [0.29, 0.717) is 37.6 Å². The van der Waals surface area contributed by atoms with E-state index in [-0.39, 0.29) is 11.0 Å². The Morgan fingerprint density at radius 3 is 2.60 bits per heavy atom. The van der Waals surface area contributed by atoms with E-state index in [1.54, 1.807) is 30.5 Å². The lowest BCUT2D eigenvalue weighted by atomic mass is 10.1. The van der Waals surface area contributed by atoms with E-state index in [2.05, 4.69) is 10.2 Å². The number of ether oxygens (including phenoxy) is 2. The van der Waals surface area contributed by atoms with Gasteiger partial charge in [0.25, 0.3) is 0 Å². The zero-order chi connectivity index (χ0) is 17.9. The fourth-order valence-corrected chi connectivity index (χ4v) is 4.55. The number of hydrogen-bond donors (Lipinski definition) is 0. The van der Waals surface area contributed by atoms with Gasteiger partial charge < -0.3 is 9.47 Å². The quantitative estimate of drug-likeness (QED) is 0.808. The molecule has 7 nitrogen and oxygen atoms in total. The van der Waals surface area contributed by atoms with E-state index in [1.165, 1.54) is 11.4 Å². The van der Waals surface area contributed by atoms with Crippen LogP contribution in [0.5, 0.6) is 11.6 Å². The highest BCUT2D eigenvalue weighted by Crippen LogP contribution is 2.30. The van der Waals surface area contributed by atoms with E-state index in [0.717, 1.165) is 5.56 Å². The average Bonchev–Trinajstić information content (AvgIpc) is 2.63. The van der Waals surface area contributed by atoms with Gasteiger partial charge in [0.15, 0.2) is 0 Å². The van der Waals surface area contributed by atoms with Crippen LogP contribution < -0.4 is 9.47 Å². The summed E-state index contributed by atoms with van der Waals surface area (Å²) >= 11 is 0.